The Morgan fingerprint density at radius 2 is 2.06 bits per heavy atom. The van der Waals surface area contributed by atoms with Gasteiger partial charge in [0, 0.05) is 7.05 Å². The van der Waals surface area contributed by atoms with Gasteiger partial charge in [0.2, 0.25) is 10.0 Å². The van der Waals surface area contributed by atoms with Crippen LogP contribution in [-0.2, 0) is 10.0 Å². The highest BCUT2D eigenvalue weighted by Crippen LogP contribution is 2.29. The number of rotatable bonds is 4. The number of sulfonamides is 1. The average Bonchev–Trinajstić information content (AvgIpc) is 2.71. The lowest BCUT2D eigenvalue weighted by Crippen LogP contribution is -2.28. The van der Waals surface area contributed by atoms with E-state index in [9.17, 15) is 8.42 Å². The zero-order chi connectivity index (χ0) is 12.5. The molecule has 1 aromatic heterocycles. The van der Waals surface area contributed by atoms with Gasteiger partial charge < -0.3 is 0 Å². The molecule has 0 aliphatic rings. The molecule has 0 radical (unpaired) electrons. The molecule has 4 nitrogen and oxygen atoms in total. The number of para-hydroxylation sites is 1. The fourth-order valence-electron chi connectivity index (χ4n) is 1.51. The Morgan fingerprint density at radius 3 is 2.71 bits per heavy atom. The number of thiazole rings is 1. The van der Waals surface area contributed by atoms with Gasteiger partial charge in [0.05, 0.1) is 16.0 Å². The van der Waals surface area contributed by atoms with E-state index in [1.165, 1.54) is 15.6 Å². The van der Waals surface area contributed by atoms with Gasteiger partial charge >= 0.3 is 0 Å². The molecule has 2 aromatic rings. The van der Waals surface area contributed by atoms with Crippen LogP contribution in [0.1, 0.15) is 13.3 Å². The molecule has 2 rings (SSSR count). The van der Waals surface area contributed by atoms with Crippen LogP contribution >= 0.6 is 11.3 Å². The van der Waals surface area contributed by atoms with Crippen molar-refractivity contribution >= 4 is 36.7 Å². The van der Waals surface area contributed by atoms with Crippen LogP contribution < -0.4 is 4.31 Å². The molecule has 0 spiro atoms. The Kier molecular flexibility index (Phi) is 3.35. The van der Waals surface area contributed by atoms with Crippen LogP contribution in [0.15, 0.2) is 24.3 Å². The van der Waals surface area contributed by atoms with Crippen molar-refractivity contribution in [1.82, 2.24) is 4.98 Å². The van der Waals surface area contributed by atoms with Crippen LogP contribution in [0, 0.1) is 0 Å². The van der Waals surface area contributed by atoms with Crippen LogP contribution in [0.2, 0.25) is 0 Å². The minimum Gasteiger partial charge on any atom is -0.248 e. The smallest absolute Gasteiger partial charge is 0.236 e. The van der Waals surface area contributed by atoms with E-state index in [1.54, 1.807) is 7.05 Å². The predicted molar refractivity (Wildman–Crippen MR) is 72.1 cm³/mol. The molecule has 0 N–H and O–H groups in total. The van der Waals surface area contributed by atoms with Crippen LogP contribution in [0.3, 0.4) is 0 Å². The lowest BCUT2D eigenvalue weighted by atomic mass is 10.3. The molecule has 0 bridgehead atoms. The molecule has 92 valence electrons. The van der Waals surface area contributed by atoms with E-state index in [2.05, 4.69) is 4.98 Å². The Hall–Kier alpha value is -1.14. The van der Waals surface area contributed by atoms with Crippen molar-refractivity contribution in [3.05, 3.63) is 24.3 Å². The lowest BCUT2D eigenvalue weighted by Gasteiger charge is -2.15. The molecule has 0 atom stereocenters. The molecule has 17 heavy (non-hydrogen) atoms. The van der Waals surface area contributed by atoms with Crippen molar-refractivity contribution in [1.29, 1.82) is 0 Å². The van der Waals surface area contributed by atoms with Gasteiger partial charge in [-0.1, -0.05) is 30.4 Å². The highest BCUT2D eigenvalue weighted by Gasteiger charge is 2.20. The van der Waals surface area contributed by atoms with Gasteiger partial charge in [-0.3, -0.25) is 0 Å². The number of fused-ring (bicyclic) bond motifs is 1. The molecular formula is C11H14N2O2S2. The molecule has 0 unspecified atom stereocenters. The summed E-state index contributed by atoms with van der Waals surface area (Å²) in [5, 5.41) is 0.527. The molecule has 0 aliphatic heterocycles. The third-order valence-electron chi connectivity index (χ3n) is 2.43. The van der Waals surface area contributed by atoms with E-state index in [1.807, 2.05) is 31.2 Å². The molecule has 1 heterocycles. The summed E-state index contributed by atoms with van der Waals surface area (Å²) < 4.78 is 26.1. The Labute approximate surface area is 105 Å². The molecule has 0 amide bonds. The maximum Gasteiger partial charge on any atom is 0.236 e. The van der Waals surface area contributed by atoms with Crippen molar-refractivity contribution in [2.45, 2.75) is 13.3 Å². The molecule has 0 aliphatic carbocycles. The van der Waals surface area contributed by atoms with Gasteiger partial charge in [0.15, 0.2) is 5.13 Å². The van der Waals surface area contributed by atoms with Gasteiger partial charge in [0.25, 0.3) is 0 Å². The zero-order valence-corrected chi connectivity index (χ0v) is 11.4. The number of aromatic nitrogens is 1. The van der Waals surface area contributed by atoms with Crippen LogP contribution in [0.4, 0.5) is 5.13 Å². The molecule has 0 saturated carbocycles. The second-order valence-electron chi connectivity index (χ2n) is 3.75. The van der Waals surface area contributed by atoms with E-state index in [0.29, 0.717) is 11.6 Å². The summed E-state index contributed by atoms with van der Waals surface area (Å²) in [6, 6.07) is 7.64. The molecule has 0 fully saturated rings. The van der Waals surface area contributed by atoms with Crippen molar-refractivity contribution in [3.63, 3.8) is 0 Å². The first kappa shape index (κ1) is 12.3. The number of hydrogen-bond donors (Lipinski definition) is 0. The minimum absolute atomic E-state index is 0.152. The quantitative estimate of drug-likeness (QED) is 0.857. The van der Waals surface area contributed by atoms with Crippen LogP contribution in [-0.4, -0.2) is 26.2 Å². The van der Waals surface area contributed by atoms with E-state index in [4.69, 9.17) is 0 Å². The standard InChI is InChI=1S/C11H14N2O2S2/c1-3-8-17(14,15)13(2)11-12-9-6-4-5-7-10(9)16-11/h4-7H,3,8H2,1-2H3. The van der Waals surface area contributed by atoms with Crippen molar-refractivity contribution in [3.8, 4) is 0 Å². The van der Waals surface area contributed by atoms with Crippen molar-refractivity contribution in [2.24, 2.45) is 0 Å². The predicted octanol–water partition coefficient (Wildman–Crippen LogP) is 2.47. The van der Waals surface area contributed by atoms with Crippen molar-refractivity contribution in [2.75, 3.05) is 17.1 Å². The van der Waals surface area contributed by atoms with E-state index < -0.39 is 10.0 Å². The summed E-state index contributed by atoms with van der Waals surface area (Å²) in [7, 11) is -1.67. The Bertz CT molecular complexity index is 586. The summed E-state index contributed by atoms with van der Waals surface area (Å²) in [4.78, 5) is 4.33. The zero-order valence-electron chi connectivity index (χ0n) is 9.75. The number of anilines is 1. The van der Waals surface area contributed by atoms with E-state index in [0.717, 1.165) is 10.2 Å². The fraction of sp³-hybridized carbons (Fsp3) is 0.364. The maximum absolute atomic E-state index is 11.9. The second kappa shape index (κ2) is 4.62. The van der Waals surface area contributed by atoms with Gasteiger partial charge in [-0.25, -0.2) is 17.7 Å². The molecule has 1 aromatic carbocycles. The topological polar surface area (TPSA) is 50.3 Å². The third kappa shape index (κ3) is 2.42. The normalized spacial score (nSPS) is 11.9. The maximum atomic E-state index is 11.9. The van der Waals surface area contributed by atoms with E-state index in [-0.39, 0.29) is 5.75 Å². The monoisotopic (exact) mass is 270 g/mol. The lowest BCUT2D eigenvalue weighted by molar-refractivity contribution is 0.593. The molecular weight excluding hydrogens is 256 g/mol. The number of benzene rings is 1. The summed E-state index contributed by atoms with van der Waals surface area (Å²) in [5.74, 6) is 0.152. The first-order valence-electron chi connectivity index (χ1n) is 5.37. The van der Waals surface area contributed by atoms with Crippen LogP contribution in [0.25, 0.3) is 10.2 Å². The SMILES string of the molecule is CCCS(=O)(=O)N(C)c1nc2ccccc2s1. The minimum atomic E-state index is -3.23. The summed E-state index contributed by atoms with van der Waals surface area (Å²) in [6.45, 7) is 1.85. The Balaban J connectivity index is 2.40. The number of nitrogens with zero attached hydrogens (tertiary/aromatic N) is 2. The van der Waals surface area contributed by atoms with Crippen molar-refractivity contribution < 1.29 is 8.42 Å². The highest BCUT2D eigenvalue weighted by atomic mass is 32.2. The fourth-order valence-corrected chi connectivity index (χ4v) is 3.86. The van der Waals surface area contributed by atoms with Gasteiger partial charge in [0.1, 0.15) is 0 Å². The third-order valence-corrected chi connectivity index (χ3v) is 5.59. The second-order valence-corrected chi connectivity index (χ2v) is 6.88. The summed E-state index contributed by atoms with van der Waals surface area (Å²) >= 11 is 1.39. The van der Waals surface area contributed by atoms with Gasteiger partial charge in [-0.05, 0) is 18.6 Å². The van der Waals surface area contributed by atoms with Crippen LogP contribution in [0.5, 0.6) is 0 Å². The van der Waals surface area contributed by atoms with E-state index >= 15 is 0 Å². The molecule has 0 saturated heterocycles. The average molecular weight is 270 g/mol. The van der Waals surface area contributed by atoms with Gasteiger partial charge in [-0.2, -0.15) is 0 Å². The highest BCUT2D eigenvalue weighted by molar-refractivity contribution is 7.92. The first-order chi connectivity index (χ1) is 8.04. The summed E-state index contributed by atoms with van der Waals surface area (Å²) in [5.41, 5.74) is 0.839. The van der Waals surface area contributed by atoms with Gasteiger partial charge in [-0.15, -0.1) is 0 Å². The first-order valence-corrected chi connectivity index (χ1v) is 7.79. The number of hydrogen-bond acceptors (Lipinski definition) is 4. The summed E-state index contributed by atoms with van der Waals surface area (Å²) in [6.07, 6.45) is 0.609. The largest absolute Gasteiger partial charge is 0.248 e. The Morgan fingerprint density at radius 1 is 1.35 bits per heavy atom. The molecule has 6 heteroatoms.